The SMILES string of the molecule is O=C(O)C(Cc1ccc(OCCn2c(=O)sc3cc(C(=NO)C4CC4)ccc32)cc1)OCC(F)(F)F. The van der Waals surface area contributed by atoms with Crippen LogP contribution in [-0.2, 0) is 22.5 Å². The van der Waals surface area contributed by atoms with Crippen molar-refractivity contribution in [3.63, 3.8) is 0 Å². The molecular weight excluding hydrogens is 501 g/mol. The quantitative estimate of drug-likeness (QED) is 0.220. The third-order valence-corrected chi connectivity index (χ3v) is 6.63. The fraction of sp³-hybridized carbons (Fsp3) is 0.375. The Morgan fingerprint density at radius 3 is 2.53 bits per heavy atom. The van der Waals surface area contributed by atoms with Crippen molar-refractivity contribution in [3.8, 4) is 5.75 Å². The van der Waals surface area contributed by atoms with Crippen molar-refractivity contribution in [2.75, 3.05) is 13.2 Å². The number of oxime groups is 1. The summed E-state index contributed by atoms with van der Waals surface area (Å²) >= 11 is 1.10. The van der Waals surface area contributed by atoms with E-state index in [0.717, 1.165) is 40.0 Å². The number of hydrogen-bond acceptors (Lipinski definition) is 7. The van der Waals surface area contributed by atoms with E-state index < -0.39 is 24.9 Å². The van der Waals surface area contributed by atoms with Gasteiger partial charge in [0, 0.05) is 17.9 Å². The Balaban J connectivity index is 1.35. The molecule has 1 saturated carbocycles. The molecule has 0 amide bonds. The number of halogens is 3. The van der Waals surface area contributed by atoms with Crippen molar-refractivity contribution in [2.45, 2.75) is 38.1 Å². The summed E-state index contributed by atoms with van der Waals surface area (Å²) < 4.78 is 49.6. The molecule has 1 unspecified atom stereocenters. The molecule has 2 aromatic carbocycles. The van der Waals surface area contributed by atoms with Gasteiger partial charge in [-0.3, -0.25) is 9.36 Å². The van der Waals surface area contributed by atoms with Gasteiger partial charge in [-0.2, -0.15) is 13.2 Å². The van der Waals surface area contributed by atoms with Gasteiger partial charge in [0.15, 0.2) is 6.10 Å². The molecule has 0 bridgehead atoms. The lowest BCUT2D eigenvalue weighted by molar-refractivity contribution is -0.192. The summed E-state index contributed by atoms with van der Waals surface area (Å²) in [5, 5.41) is 21.9. The maximum absolute atomic E-state index is 12.5. The number of carbonyl (C=O) groups is 1. The number of thiazole rings is 1. The maximum atomic E-state index is 12.5. The number of ether oxygens (including phenoxy) is 2. The number of aromatic nitrogens is 1. The van der Waals surface area contributed by atoms with Crippen molar-refractivity contribution < 1.29 is 37.8 Å². The second kappa shape index (κ2) is 10.7. The monoisotopic (exact) mass is 524 g/mol. The number of carboxylic acid groups (broad SMARTS) is 1. The van der Waals surface area contributed by atoms with Gasteiger partial charge in [0.05, 0.1) is 22.5 Å². The smallest absolute Gasteiger partial charge is 0.411 e. The first-order valence-electron chi connectivity index (χ1n) is 11.1. The number of fused-ring (bicyclic) bond motifs is 1. The first-order chi connectivity index (χ1) is 17.1. The molecular formula is C24H23F3N2O6S. The molecule has 1 aliphatic carbocycles. The Bertz CT molecular complexity index is 1310. The van der Waals surface area contributed by atoms with Crippen LogP contribution in [-0.4, -0.2) is 52.1 Å². The molecule has 1 atom stereocenters. The van der Waals surface area contributed by atoms with E-state index in [9.17, 15) is 28.0 Å². The maximum Gasteiger partial charge on any atom is 0.411 e. The summed E-state index contributed by atoms with van der Waals surface area (Å²) in [6.07, 6.45) is -4.50. The van der Waals surface area contributed by atoms with Crippen molar-refractivity contribution >= 4 is 33.2 Å². The van der Waals surface area contributed by atoms with Gasteiger partial charge in [-0.05, 0) is 42.7 Å². The van der Waals surface area contributed by atoms with E-state index >= 15 is 0 Å². The lowest BCUT2D eigenvalue weighted by Gasteiger charge is -2.15. The molecule has 2 N–H and O–H groups in total. The second-order valence-electron chi connectivity index (χ2n) is 8.41. The summed E-state index contributed by atoms with van der Waals surface area (Å²) in [6, 6.07) is 11.8. The molecule has 192 valence electrons. The zero-order valence-corrected chi connectivity index (χ0v) is 19.7. The highest BCUT2D eigenvalue weighted by atomic mass is 32.1. The zero-order chi connectivity index (χ0) is 25.9. The molecule has 1 aromatic heterocycles. The summed E-state index contributed by atoms with van der Waals surface area (Å²) in [7, 11) is 0. The Kier molecular flexibility index (Phi) is 7.65. The number of alkyl halides is 3. The van der Waals surface area contributed by atoms with Crippen molar-refractivity contribution in [2.24, 2.45) is 11.1 Å². The molecule has 12 heteroatoms. The minimum Gasteiger partial charge on any atom is -0.492 e. The summed E-state index contributed by atoms with van der Waals surface area (Å²) in [5.74, 6) is -0.758. The molecule has 4 rings (SSSR count). The Hall–Kier alpha value is -3.38. The highest BCUT2D eigenvalue weighted by Crippen LogP contribution is 2.34. The van der Waals surface area contributed by atoms with Crippen LogP contribution in [0, 0.1) is 5.92 Å². The highest BCUT2D eigenvalue weighted by molar-refractivity contribution is 7.16. The topological polar surface area (TPSA) is 110 Å². The predicted octanol–water partition coefficient (Wildman–Crippen LogP) is 4.30. The van der Waals surface area contributed by atoms with Gasteiger partial charge >= 0.3 is 17.0 Å². The second-order valence-corrected chi connectivity index (χ2v) is 9.40. The molecule has 1 aliphatic rings. The standard InChI is InChI=1S/C24H23F3N2O6S/c25-24(26,27)13-35-19(22(30)31)11-14-1-6-17(7-2-14)34-10-9-29-18-8-5-16(12-20(18)36-23(29)32)21(28-33)15-3-4-15/h1-2,5-8,12,15,19,33H,3-4,9-11,13H2,(H,30,31). The molecule has 1 heterocycles. The van der Waals surface area contributed by atoms with Crippen LogP contribution >= 0.6 is 11.3 Å². The largest absolute Gasteiger partial charge is 0.492 e. The van der Waals surface area contributed by atoms with E-state index in [0.29, 0.717) is 17.0 Å². The third kappa shape index (κ3) is 6.43. The number of hydrogen-bond donors (Lipinski definition) is 2. The van der Waals surface area contributed by atoms with E-state index in [-0.39, 0.29) is 30.4 Å². The van der Waals surface area contributed by atoms with Gasteiger partial charge in [-0.25, -0.2) is 4.79 Å². The van der Waals surface area contributed by atoms with Crippen LogP contribution in [0.25, 0.3) is 10.2 Å². The molecule has 8 nitrogen and oxygen atoms in total. The van der Waals surface area contributed by atoms with Crippen molar-refractivity contribution in [3.05, 3.63) is 63.3 Å². The minimum atomic E-state index is -4.61. The molecule has 0 aliphatic heterocycles. The van der Waals surface area contributed by atoms with Crippen molar-refractivity contribution in [1.29, 1.82) is 0 Å². The van der Waals surface area contributed by atoms with Crippen LogP contribution in [0.3, 0.4) is 0 Å². The molecule has 0 spiro atoms. The first kappa shape index (κ1) is 25.7. The normalized spacial score (nSPS) is 15.2. The van der Waals surface area contributed by atoms with Crippen LogP contribution in [0.1, 0.15) is 24.0 Å². The Morgan fingerprint density at radius 1 is 1.19 bits per heavy atom. The average Bonchev–Trinajstić information content (AvgIpc) is 3.61. The minimum absolute atomic E-state index is 0.145. The van der Waals surface area contributed by atoms with E-state index in [4.69, 9.17) is 9.84 Å². The van der Waals surface area contributed by atoms with Gasteiger partial charge in [-0.1, -0.05) is 34.7 Å². The van der Waals surface area contributed by atoms with E-state index in [2.05, 4.69) is 9.89 Å². The fourth-order valence-electron chi connectivity index (χ4n) is 3.77. The van der Waals surface area contributed by atoms with E-state index in [1.165, 1.54) is 0 Å². The fourth-order valence-corrected chi connectivity index (χ4v) is 4.73. The van der Waals surface area contributed by atoms with Crippen LogP contribution in [0.5, 0.6) is 5.75 Å². The van der Waals surface area contributed by atoms with E-state index in [1.807, 2.05) is 18.2 Å². The lowest BCUT2D eigenvalue weighted by Crippen LogP contribution is -2.31. The first-order valence-corrected chi connectivity index (χ1v) is 11.9. The van der Waals surface area contributed by atoms with Gasteiger partial charge in [0.2, 0.25) is 0 Å². The van der Waals surface area contributed by atoms with Crippen LogP contribution < -0.4 is 9.61 Å². The van der Waals surface area contributed by atoms with Crippen LogP contribution in [0.15, 0.2) is 52.4 Å². The Labute approximate surface area is 207 Å². The molecule has 36 heavy (non-hydrogen) atoms. The summed E-state index contributed by atoms with van der Waals surface area (Å²) in [4.78, 5) is 23.6. The predicted molar refractivity (Wildman–Crippen MR) is 126 cm³/mol. The lowest BCUT2D eigenvalue weighted by atomic mass is 10.1. The number of benzene rings is 2. The van der Waals surface area contributed by atoms with Crippen LogP contribution in [0.2, 0.25) is 0 Å². The number of nitrogens with zero attached hydrogens (tertiary/aromatic N) is 2. The number of carboxylic acids is 1. The van der Waals surface area contributed by atoms with E-state index in [1.54, 1.807) is 28.8 Å². The van der Waals surface area contributed by atoms with Gasteiger partial charge in [-0.15, -0.1) is 0 Å². The van der Waals surface area contributed by atoms with Gasteiger partial charge < -0.3 is 19.8 Å². The average molecular weight is 525 g/mol. The third-order valence-electron chi connectivity index (χ3n) is 5.69. The molecule has 3 aromatic rings. The van der Waals surface area contributed by atoms with Gasteiger partial charge in [0.1, 0.15) is 19.0 Å². The summed E-state index contributed by atoms with van der Waals surface area (Å²) in [6.45, 7) is -1.17. The summed E-state index contributed by atoms with van der Waals surface area (Å²) in [5.41, 5.74) is 2.66. The highest BCUT2D eigenvalue weighted by Gasteiger charge is 2.31. The van der Waals surface area contributed by atoms with Gasteiger partial charge in [0.25, 0.3) is 0 Å². The zero-order valence-electron chi connectivity index (χ0n) is 18.9. The molecule has 1 fully saturated rings. The Morgan fingerprint density at radius 2 is 1.92 bits per heavy atom. The molecule has 0 saturated heterocycles. The number of aliphatic carboxylic acids is 1. The van der Waals surface area contributed by atoms with Crippen molar-refractivity contribution in [1.82, 2.24) is 4.57 Å². The molecule has 0 radical (unpaired) electrons. The number of rotatable bonds is 11. The van der Waals surface area contributed by atoms with Crippen LogP contribution in [0.4, 0.5) is 13.2 Å².